The van der Waals surface area contributed by atoms with E-state index in [0.717, 1.165) is 42.8 Å². The lowest BCUT2D eigenvalue weighted by atomic mass is 10.0. The Morgan fingerprint density at radius 3 is 2.57 bits per heavy atom. The number of nitrogens with one attached hydrogen (secondary N) is 1. The summed E-state index contributed by atoms with van der Waals surface area (Å²) in [5, 5.41) is 3.58. The van der Waals surface area contributed by atoms with Gasteiger partial charge in [0.2, 0.25) is 15.9 Å². The van der Waals surface area contributed by atoms with Crippen molar-refractivity contribution in [2.75, 3.05) is 31.5 Å². The number of nitrogens with zero attached hydrogens (tertiary/aromatic N) is 2. The summed E-state index contributed by atoms with van der Waals surface area (Å²) in [6.45, 7) is 2.17. The van der Waals surface area contributed by atoms with E-state index >= 15 is 0 Å². The molecule has 1 amide bonds. The van der Waals surface area contributed by atoms with Gasteiger partial charge in [0.15, 0.2) is 0 Å². The van der Waals surface area contributed by atoms with E-state index in [9.17, 15) is 13.2 Å². The first-order valence-electron chi connectivity index (χ1n) is 10.3. The molecule has 2 saturated heterocycles. The van der Waals surface area contributed by atoms with Crippen LogP contribution in [0.25, 0.3) is 0 Å². The number of amides is 1. The Bertz CT molecular complexity index is 1020. The molecular formula is C22H26ClN3O3S. The normalized spacial score (nSPS) is 20.5. The molecule has 0 spiro atoms. The van der Waals surface area contributed by atoms with Crippen molar-refractivity contribution in [1.82, 2.24) is 9.21 Å². The molecule has 1 atom stereocenters. The summed E-state index contributed by atoms with van der Waals surface area (Å²) in [7, 11) is -3.51. The summed E-state index contributed by atoms with van der Waals surface area (Å²) < 4.78 is 27.1. The van der Waals surface area contributed by atoms with Gasteiger partial charge in [-0.2, -0.15) is 4.31 Å². The summed E-state index contributed by atoms with van der Waals surface area (Å²) in [5.41, 5.74) is 1.54. The Balaban J connectivity index is 1.44. The van der Waals surface area contributed by atoms with Gasteiger partial charge in [0.05, 0.1) is 11.4 Å². The number of carbonyl (C=O) groups is 1. The zero-order valence-corrected chi connectivity index (χ0v) is 18.3. The van der Waals surface area contributed by atoms with E-state index in [1.807, 2.05) is 24.3 Å². The van der Waals surface area contributed by atoms with Gasteiger partial charge in [0.1, 0.15) is 0 Å². The third-order valence-electron chi connectivity index (χ3n) is 5.80. The second-order valence-electron chi connectivity index (χ2n) is 7.84. The molecule has 1 N–H and O–H groups in total. The van der Waals surface area contributed by atoms with Gasteiger partial charge in [-0.3, -0.25) is 9.69 Å². The molecule has 0 radical (unpaired) electrons. The SMILES string of the molecule is O=C(CN1CCCC1c1ccccc1Cl)Nc1cccc(S(=O)(=O)N2CCCC2)c1. The number of hydrogen-bond donors (Lipinski definition) is 1. The fraction of sp³-hybridized carbons (Fsp3) is 0.409. The first-order chi connectivity index (χ1) is 14.4. The van der Waals surface area contributed by atoms with E-state index in [1.165, 1.54) is 4.31 Å². The molecule has 0 aromatic heterocycles. The van der Waals surface area contributed by atoms with Crippen LogP contribution in [0.1, 0.15) is 37.3 Å². The predicted octanol–water partition coefficient (Wildman–Crippen LogP) is 3.90. The minimum Gasteiger partial charge on any atom is -0.325 e. The minimum atomic E-state index is -3.51. The third kappa shape index (κ3) is 4.54. The Kier molecular flexibility index (Phi) is 6.43. The molecule has 2 heterocycles. The molecule has 6 nitrogen and oxygen atoms in total. The van der Waals surface area contributed by atoms with Crippen molar-refractivity contribution >= 4 is 33.2 Å². The van der Waals surface area contributed by atoms with E-state index in [2.05, 4.69) is 10.2 Å². The largest absolute Gasteiger partial charge is 0.325 e. The number of hydrogen-bond acceptors (Lipinski definition) is 4. The van der Waals surface area contributed by atoms with Crippen LogP contribution in [0.2, 0.25) is 5.02 Å². The smallest absolute Gasteiger partial charge is 0.243 e. The molecule has 30 heavy (non-hydrogen) atoms. The Morgan fingerprint density at radius 2 is 1.80 bits per heavy atom. The molecule has 8 heteroatoms. The average molecular weight is 448 g/mol. The Morgan fingerprint density at radius 1 is 1.03 bits per heavy atom. The second-order valence-corrected chi connectivity index (χ2v) is 10.2. The summed E-state index contributed by atoms with van der Waals surface area (Å²) in [4.78, 5) is 15.0. The Hall–Kier alpha value is -1.93. The van der Waals surface area contributed by atoms with Gasteiger partial charge >= 0.3 is 0 Å². The molecular weight excluding hydrogens is 422 g/mol. The zero-order chi connectivity index (χ0) is 21.1. The van der Waals surface area contributed by atoms with Crippen LogP contribution in [0.3, 0.4) is 0 Å². The van der Waals surface area contributed by atoms with Crippen LogP contribution < -0.4 is 5.32 Å². The third-order valence-corrected chi connectivity index (χ3v) is 8.03. The lowest BCUT2D eigenvalue weighted by molar-refractivity contribution is -0.117. The van der Waals surface area contributed by atoms with Crippen LogP contribution in [0.5, 0.6) is 0 Å². The average Bonchev–Trinajstić information content (AvgIpc) is 3.41. The lowest BCUT2D eigenvalue weighted by Gasteiger charge is -2.25. The maximum atomic E-state index is 12.8. The van der Waals surface area contributed by atoms with Crippen LogP contribution in [0.15, 0.2) is 53.4 Å². The van der Waals surface area contributed by atoms with Gasteiger partial charge < -0.3 is 5.32 Å². The number of halogens is 1. The molecule has 0 aliphatic carbocycles. The van der Waals surface area contributed by atoms with Crippen molar-refractivity contribution in [3.63, 3.8) is 0 Å². The van der Waals surface area contributed by atoms with Crippen molar-refractivity contribution < 1.29 is 13.2 Å². The van der Waals surface area contributed by atoms with Gasteiger partial charge in [0, 0.05) is 29.8 Å². The van der Waals surface area contributed by atoms with E-state index in [-0.39, 0.29) is 23.4 Å². The first-order valence-corrected chi connectivity index (χ1v) is 12.2. The van der Waals surface area contributed by atoms with E-state index in [0.29, 0.717) is 18.8 Å². The molecule has 2 aromatic rings. The predicted molar refractivity (Wildman–Crippen MR) is 118 cm³/mol. The topological polar surface area (TPSA) is 69.7 Å². The molecule has 0 bridgehead atoms. The second kappa shape index (κ2) is 9.06. The molecule has 0 saturated carbocycles. The number of sulfonamides is 1. The maximum absolute atomic E-state index is 12.8. The van der Waals surface area contributed by atoms with Crippen molar-refractivity contribution in [2.24, 2.45) is 0 Å². The van der Waals surface area contributed by atoms with Gasteiger partial charge in [-0.1, -0.05) is 35.9 Å². The summed E-state index contributed by atoms with van der Waals surface area (Å²) in [6.07, 6.45) is 3.74. The molecule has 2 fully saturated rings. The number of likely N-dealkylation sites (tertiary alicyclic amines) is 1. The molecule has 2 aliphatic rings. The highest BCUT2D eigenvalue weighted by Crippen LogP contribution is 2.35. The molecule has 2 aliphatic heterocycles. The van der Waals surface area contributed by atoms with Crippen LogP contribution in [0.4, 0.5) is 5.69 Å². The van der Waals surface area contributed by atoms with Crippen LogP contribution in [-0.4, -0.2) is 49.7 Å². The number of carbonyl (C=O) groups excluding carboxylic acids is 1. The summed E-state index contributed by atoms with van der Waals surface area (Å²) in [6, 6.07) is 14.4. The summed E-state index contributed by atoms with van der Waals surface area (Å²) >= 11 is 6.36. The maximum Gasteiger partial charge on any atom is 0.243 e. The molecule has 160 valence electrons. The fourth-order valence-corrected chi connectivity index (χ4v) is 6.13. The monoisotopic (exact) mass is 447 g/mol. The molecule has 4 rings (SSSR count). The van der Waals surface area contributed by atoms with Gasteiger partial charge in [-0.15, -0.1) is 0 Å². The quantitative estimate of drug-likeness (QED) is 0.729. The van der Waals surface area contributed by atoms with Crippen LogP contribution in [-0.2, 0) is 14.8 Å². The van der Waals surface area contributed by atoms with E-state index in [4.69, 9.17) is 11.6 Å². The highest BCUT2D eigenvalue weighted by Gasteiger charge is 2.29. The first kappa shape index (κ1) is 21.3. The Labute approximate surface area is 182 Å². The van der Waals surface area contributed by atoms with Crippen molar-refractivity contribution in [3.05, 3.63) is 59.1 Å². The number of benzene rings is 2. The standard InChI is InChI=1S/C22H26ClN3O3S/c23-20-10-2-1-9-19(20)21-11-6-12-25(21)16-22(27)24-17-7-5-8-18(15-17)30(28,29)26-13-3-4-14-26/h1-2,5,7-10,15,21H,3-4,6,11-14,16H2,(H,24,27). The highest BCUT2D eigenvalue weighted by atomic mass is 35.5. The molecule has 2 aromatic carbocycles. The van der Waals surface area contributed by atoms with E-state index in [1.54, 1.807) is 24.3 Å². The lowest BCUT2D eigenvalue weighted by Crippen LogP contribution is -2.33. The van der Waals surface area contributed by atoms with Gasteiger partial charge in [-0.25, -0.2) is 8.42 Å². The van der Waals surface area contributed by atoms with Gasteiger partial charge in [-0.05, 0) is 62.1 Å². The van der Waals surface area contributed by atoms with Crippen LogP contribution >= 0.6 is 11.6 Å². The molecule has 1 unspecified atom stereocenters. The summed E-state index contributed by atoms with van der Waals surface area (Å²) in [5.74, 6) is -0.162. The van der Waals surface area contributed by atoms with Crippen molar-refractivity contribution in [3.8, 4) is 0 Å². The highest BCUT2D eigenvalue weighted by molar-refractivity contribution is 7.89. The van der Waals surface area contributed by atoms with Gasteiger partial charge in [0.25, 0.3) is 0 Å². The number of rotatable bonds is 6. The van der Waals surface area contributed by atoms with Crippen molar-refractivity contribution in [2.45, 2.75) is 36.6 Å². The zero-order valence-electron chi connectivity index (χ0n) is 16.8. The number of anilines is 1. The van der Waals surface area contributed by atoms with E-state index < -0.39 is 10.0 Å². The fourth-order valence-electron chi connectivity index (χ4n) is 4.31. The minimum absolute atomic E-state index is 0.117. The van der Waals surface area contributed by atoms with Crippen LogP contribution in [0, 0.1) is 0 Å². The van der Waals surface area contributed by atoms with Crippen molar-refractivity contribution in [1.29, 1.82) is 0 Å².